The number of aromatic amines is 1. The zero-order chi connectivity index (χ0) is 18.4. The number of fused-ring (bicyclic) bond motifs is 4. The molecule has 1 N–H and O–H groups in total. The fourth-order valence-electron chi connectivity index (χ4n) is 3.12. The molecule has 5 rings (SSSR count). The molecule has 3 aromatic rings. The first kappa shape index (κ1) is 15.9. The zero-order valence-electron chi connectivity index (χ0n) is 13.8. The first-order valence-electron chi connectivity index (χ1n) is 8.21. The third-order valence-corrected chi connectivity index (χ3v) is 4.76. The number of nitrogens with one attached hydrogen (secondary N) is 1. The predicted octanol–water partition coefficient (Wildman–Crippen LogP) is 6.10. The largest absolute Gasteiger partial charge is 0.444 e. The lowest BCUT2D eigenvalue weighted by Gasteiger charge is -2.04. The SMILES string of the molecule is O=C(N=Nc1c2[nH]c3ccccc3nc-2c2ccccc12)c1ccc(Br)o1. The molecule has 0 saturated heterocycles. The van der Waals surface area contributed by atoms with Crippen LogP contribution < -0.4 is 0 Å². The number of benzene rings is 2. The molecule has 1 aliphatic carbocycles. The number of hydrogen-bond donors (Lipinski definition) is 1. The quantitative estimate of drug-likeness (QED) is 0.351. The number of carbonyl (C=O) groups is 1. The van der Waals surface area contributed by atoms with E-state index >= 15 is 0 Å². The lowest BCUT2D eigenvalue weighted by Crippen LogP contribution is -1.91. The van der Waals surface area contributed by atoms with Crippen LogP contribution in [-0.2, 0) is 0 Å². The van der Waals surface area contributed by atoms with Crippen molar-refractivity contribution >= 4 is 49.3 Å². The van der Waals surface area contributed by atoms with Crippen LogP contribution in [0.4, 0.5) is 5.69 Å². The van der Waals surface area contributed by atoms with Crippen LogP contribution in [0.2, 0.25) is 0 Å². The summed E-state index contributed by atoms with van der Waals surface area (Å²) in [7, 11) is 0. The van der Waals surface area contributed by atoms with E-state index in [4.69, 9.17) is 9.40 Å². The van der Waals surface area contributed by atoms with Crippen molar-refractivity contribution < 1.29 is 9.21 Å². The molecule has 130 valence electrons. The van der Waals surface area contributed by atoms with Gasteiger partial charge in [0, 0.05) is 10.8 Å². The summed E-state index contributed by atoms with van der Waals surface area (Å²) in [6.45, 7) is 0. The predicted molar refractivity (Wildman–Crippen MR) is 105 cm³/mol. The summed E-state index contributed by atoms with van der Waals surface area (Å²) in [5, 5.41) is 9.93. The van der Waals surface area contributed by atoms with Crippen LogP contribution in [0.15, 0.2) is 80.0 Å². The fourth-order valence-corrected chi connectivity index (χ4v) is 3.43. The van der Waals surface area contributed by atoms with Crippen LogP contribution in [-0.4, -0.2) is 15.9 Å². The average Bonchev–Trinajstić information content (AvgIpc) is 3.26. The van der Waals surface area contributed by atoms with Gasteiger partial charge in [-0.05, 0) is 40.2 Å². The number of furan rings is 1. The number of carbonyl (C=O) groups excluding carboxylic acids is 1. The number of para-hydroxylation sites is 2. The minimum Gasteiger partial charge on any atom is -0.444 e. The summed E-state index contributed by atoms with van der Waals surface area (Å²) in [4.78, 5) is 20.4. The van der Waals surface area contributed by atoms with Crippen LogP contribution in [0.25, 0.3) is 33.2 Å². The number of aromatic nitrogens is 2. The van der Waals surface area contributed by atoms with E-state index in [1.165, 1.54) is 0 Å². The zero-order valence-corrected chi connectivity index (χ0v) is 15.4. The van der Waals surface area contributed by atoms with Crippen molar-refractivity contribution in [2.45, 2.75) is 0 Å². The summed E-state index contributed by atoms with van der Waals surface area (Å²) >= 11 is 3.17. The van der Waals surface area contributed by atoms with E-state index in [0.717, 1.165) is 33.2 Å². The Labute approximate surface area is 161 Å². The number of rotatable bonds is 2. The maximum Gasteiger partial charge on any atom is 0.331 e. The summed E-state index contributed by atoms with van der Waals surface area (Å²) in [5.41, 5.74) is 3.87. The number of halogens is 1. The van der Waals surface area contributed by atoms with Crippen molar-refractivity contribution in [3.63, 3.8) is 0 Å². The molecule has 2 aliphatic rings. The molecular formula is C20H11BrN4O2. The van der Waals surface area contributed by atoms with E-state index in [0.29, 0.717) is 10.4 Å². The first-order valence-corrected chi connectivity index (χ1v) is 9.00. The van der Waals surface area contributed by atoms with Crippen molar-refractivity contribution in [1.29, 1.82) is 0 Å². The van der Waals surface area contributed by atoms with Gasteiger partial charge >= 0.3 is 5.91 Å². The highest BCUT2D eigenvalue weighted by Crippen LogP contribution is 2.43. The summed E-state index contributed by atoms with van der Waals surface area (Å²) in [6.07, 6.45) is 0. The number of H-pyrrole nitrogens is 1. The average molecular weight is 419 g/mol. The second-order valence-electron chi connectivity index (χ2n) is 5.98. The maximum absolute atomic E-state index is 12.2. The Balaban J connectivity index is 1.71. The molecule has 1 amide bonds. The molecule has 0 fully saturated rings. The number of hydrogen-bond acceptors (Lipinski definition) is 4. The van der Waals surface area contributed by atoms with Gasteiger partial charge in [-0.1, -0.05) is 36.4 Å². The second-order valence-corrected chi connectivity index (χ2v) is 6.76. The molecule has 0 bridgehead atoms. The number of azo groups is 1. The minimum absolute atomic E-state index is 0.123. The third-order valence-electron chi connectivity index (χ3n) is 4.33. The number of amides is 1. The molecule has 1 aromatic heterocycles. The highest BCUT2D eigenvalue weighted by atomic mass is 79.9. The highest BCUT2D eigenvalue weighted by Gasteiger charge is 2.21. The molecule has 2 heterocycles. The Morgan fingerprint density at radius 2 is 1.78 bits per heavy atom. The van der Waals surface area contributed by atoms with E-state index in [9.17, 15) is 4.79 Å². The topological polar surface area (TPSA) is 83.6 Å². The van der Waals surface area contributed by atoms with E-state index in [1.54, 1.807) is 12.1 Å². The van der Waals surface area contributed by atoms with Crippen LogP contribution in [0.3, 0.4) is 0 Å². The van der Waals surface area contributed by atoms with Gasteiger partial charge in [0.25, 0.3) is 0 Å². The molecule has 0 spiro atoms. The molecule has 1 aliphatic heterocycles. The van der Waals surface area contributed by atoms with Gasteiger partial charge in [0.2, 0.25) is 0 Å². The summed E-state index contributed by atoms with van der Waals surface area (Å²) < 4.78 is 5.71. The lowest BCUT2D eigenvalue weighted by molar-refractivity contribution is 0.0967. The molecular weight excluding hydrogens is 408 g/mol. The van der Waals surface area contributed by atoms with E-state index < -0.39 is 5.91 Å². The van der Waals surface area contributed by atoms with Gasteiger partial charge in [-0.2, -0.15) is 0 Å². The van der Waals surface area contributed by atoms with Gasteiger partial charge in [0.15, 0.2) is 10.4 Å². The Hall–Kier alpha value is -3.32. The van der Waals surface area contributed by atoms with Crippen LogP contribution in [0.1, 0.15) is 10.6 Å². The fraction of sp³-hybridized carbons (Fsp3) is 0. The summed E-state index contributed by atoms with van der Waals surface area (Å²) in [6, 6.07) is 18.8. The van der Waals surface area contributed by atoms with Crippen LogP contribution in [0, 0.1) is 0 Å². The lowest BCUT2D eigenvalue weighted by atomic mass is 10.2. The van der Waals surface area contributed by atoms with Crippen LogP contribution in [0.5, 0.6) is 0 Å². The van der Waals surface area contributed by atoms with Crippen molar-refractivity contribution in [3.8, 4) is 11.4 Å². The van der Waals surface area contributed by atoms with Gasteiger partial charge < -0.3 is 9.40 Å². The van der Waals surface area contributed by atoms with Gasteiger partial charge in [0.05, 0.1) is 22.4 Å². The van der Waals surface area contributed by atoms with Crippen molar-refractivity contribution in [2.75, 3.05) is 0 Å². The molecule has 0 atom stereocenters. The van der Waals surface area contributed by atoms with Crippen molar-refractivity contribution in [2.24, 2.45) is 10.2 Å². The van der Waals surface area contributed by atoms with Gasteiger partial charge in [-0.15, -0.1) is 10.2 Å². The second kappa shape index (κ2) is 6.14. The molecule has 27 heavy (non-hydrogen) atoms. The molecule has 2 aromatic carbocycles. The van der Waals surface area contributed by atoms with E-state index in [-0.39, 0.29) is 5.76 Å². The van der Waals surface area contributed by atoms with Crippen LogP contribution >= 0.6 is 15.9 Å². The normalized spacial score (nSPS) is 11.9. The summed E-state index contributed by atoms with van der Waals surface area (Å²) in [5.74, 6) is -0.425. The molecule has 6 nitrogen and oxygen atoms in total. The van der Waals surface area contributed by atoms with Gasteiger partial charge in [0.1, 0.15) is 5.69 Å². The number of nitrogens with zero attached hydrogens (tertiary/aromatic N) is 3. The van der Waals surface area contributed by atoms with E-state index in [1.807, 2.05) is 48.5 Å². The third kappa shape index (κ3) is 2.63. The van der Waals surface area contributed by atoms with Gasteiger partial charge in [-0.25, -0.2) is 4.98 Å². The molecule has 0 radical (unpaired) electrons. The van der Waals surface area contributed by atoms with Crippen molar-refractivity contribution in [1.82, 2.24) is 9.97 Å². The standard InChI is InChI=1S/C20H11BrN4O2/c21-16-10-9-15(27-16)20(26)25-24-18-12-6-2-1-5-11(12)17-19(18)23-14-8-4-3-7-13(14)22-17/h1-10,23H. The maximum atomic E-state index is 12.2. The Bertz CT molecular complexity index is 1320. The Morgan fingerprint density at radius 3 is 2.59 bits per heavy atom. The van der Waals surface area contributed by atoms with Crippen molar-refractivity contribution in [3.05, 3.63) is 71.1 Å². The van der Waals surface area contributed by atoms with E-state index in [2.05, 4.69) is 31.1 Å². The highest BCUT2D eigenvalue weighted by molar-refractivity contribution is 9.10. The molecule has 7 heteroatoms. The smallest absolute Gasteiger partial charge is 0.331 e. The minimum atomic E-state index is -0.548. The first-order chi connectivity index (χ1) is 13.2. The van der Waals surface area contributed by atoms with Gasteiger partial charge in [-0.3, -0.25) is 4.79 Å². The Kier molecular flexibility index (Phi) is 3.61. The monoisotopic (exact) mass is 418 g/mol. The Morgan fingerprint density at radius 1 is 1.00 bits per heavy atom. The molecule has 0 saturated carbocycles. The molecule has 0 unspecified atom stereocenters.